The molecule has 0 aliphatic carbocycles. The van der Waals surface area contributed by atoms with Gasteiger partial charge in [0.05, 0.1) is 9.79 Å². The lowest BCUT2D eigenvalue weighted by Gasteiger charge is -2.04. The van der Waals surface area contributed by atoms with Gasteiger partial charge in [-0.05, 0) is 38.1 Å². The molecule has 4 rings (SSSR count). The number of benzene rings is 2. The molecule has 2 aromatic heterocycles. The Kier molecular flexibility index (Phi) is 7.87. The van der Waals surface area contributed by atoms with E-state index in [1.54, 1.807) is 50.2 Å². The minimum Gasteiger partial charge on any atom is -0.358 e. The lowest BCUT2D eigenvalue weighted by Crippen LogP contribution is -2.13. The average molecular weight is 545 g/mol. The van der Waals surface area contributed by atoms with Crippen LogP contribution in [0.15, 0.2) is 79.5 Å². The maximum absolute atomic E-state index is 11.9. The predicted molar refractivity (Wildman–Crippen MR) is 127 cm³/mol. The van der Waals surface area contributed by atoms with E-state index in [0.29, 0.717) is 11.5 Å². The minimum absolute atomic E-state index is 0.00646. The molecule has 2 N–H and O–H groups in total. The Hall–Kier alpha value is -3.06. The van der Waals surface area contributed by atoms with E-state index in [-0.39, 0.29) is 31.5 Å². The third-order valence-corrected chi connectivity index (χ3v) is 7.75. The van der Waals surface area contributed by atoms with Crippen molar-refractivity contribution in [3.63, 3.8) is 0 Å². The molecular weight excluding hydrogens is 527 g/mol. The van der Waals surface area contributed by atoms with Crippen molar-refractivity contribution in [3.8, 4) is 0 Å². The van der Waals surface area contributed by atoms with Crippen molar-refractivity contribution >= 4 is 54.9 Å². The second-order valence-corrected chi connectivity index (χ2v) is 10.8. The highest BCUT2D eigenvalue weighted by molar-refractivity contribution is 7.93. The molecule has 0 atom stereocenters. The molecule has 0 spiro atoms. The maximum Gasteiger partial charge on any atom is 0.263 e. The van der Waals surface area contributed by atoms with Crippen LogP contribution >= 0.6 is 23.2 Å². The molecule has 4 aromatic rings. The Balaban J connectivity index is 0.000000191. The zero-order valence-corrected chi connectivity index (χ0v) is 20.8. The third kappa shape index (κ3) is 6.08. The van der Waals surface area contributed by atoms with Crippen LogP contribution in [0.25, 0.3) is 0 Å². The number of halogens is 2. The van der Waals surface area contributed by atoms with Crippen LogP contribution in [-0.4, -0.2) is 27.1 Å². The molecule has 0 saturated heterocycles. The number of anilines is 2. The van der Waals surface area contributed by atoms with Gasteiger partial charge in [0.15, 0.2) is 11.5 Å². The van der Waals surface area contributed by atoms with Gasteiger partial charge in [-0.25, -0.2) is 16.8 Å². The SMILES string of the molecule is Cc1onc(NS(=O)(=O)c2ccccc2)c1Cl.Cc1onc(NS(=O)(=O)c2ccccc2)c1Cl. The summed E-state index contributed by atoms with van der Waals surface area (Å²) in [5.41, 5.74) is 0. The zero-order chi connectivity index (χ0) is 24.9. The molecule has 2 heterocycles. The smallest absolute Gasteiger partial charge is 0.263 e. The van der Waals surface area contributed by atoms with Gasteiger partial charge in [0.1, 0.15) is 10.0 Å². The van der Waals surface area contributed by atoms with E-state index in [4.69, 9.17) is 32.2 Å². The Morgan fingerprint density at radius 3 is 1.24 bits per heavy atom. The number of rotatable bonds is 6. The van der Waals surface area contributed by atoms with Gasteiger partial charge in [0, 0.05) is 0 Å². The molecule has 180 valence electrons. The second kappa shape index (κ2) is 10.5. The second-order valence-electron chi connectivity index (χ2n) is 6.64. The number of aryl methyl sites for hydroxylation is 2. The number of nitrogens with zero attached hydrogens (tertiary/aromatic N) is 2. The topological polar surface area (TPSA) is 144 Å². The van der Waals surface area contributed by atoms with Gasteiger partial charge in [-0.1, -0.05) is 69.9 Å². The molecule has 0 radical (unpaired) electrons. The molecular formula is C20H18Cl2N4O6S2. The number of sulfonamides is 2. The van der Waals surface area contributed by atoms with E-state index in [0.717, 1.165) is 0 Å². The normalized spacial score (nSPS) is 11.4. The zero-order valence-electron chi connectivity index (χ0n) is 17.7. The molecule has 10 nitrogen and oxygen atoms in total. The van der Waals surface area contributed by atoms with Gasteiger partial charge in [0.2, 0.25) is 11.6 Å². The lowest BCUT2D eigenvalue weighted by atomic mass is 10.4. The molecule has 0 fully saturated rings. The molecule has 2 aromatic carbocycles. The number of hydrogen-bond acceptors (Lipinski definition) is 8. The van der Waals surface area contributed by atoms with Gasteiger partial charge in [-0.3, -0.25) is 9.44 Å². The molecule has 14 heteroatoms. The van der Waals surface area contributed by atoms with Crippen LogP contribution in [0, 0.1) is 13.8 Å². The standard InChI is InChI=1S/2C10H9ClN2O3S/c2*1-7-9(11)10(12-16-7)13-17(14,15)8-5-3-2-4-6-8/h2*2-6H,1H3,(H,12,13). The van der Waals surface area contributed by atoms with E-state index in [1.807, 2.05) is 0 Å². The summed E-state index contributed by atoms with van der Waals surface area (Å²) in [5.74, 6) is 0.705. The van der Waals surface area contributed by atoms with Crippen molar-refractivity contribution in [1.82, 2.24) is 10.3 Å². The minimum atomic E-state index is -3.68. The first-order valence-electron chi connectivity index (χ1n) is 9.40. The van der Waals surface area contributed by atoms with Crippen LogP contribution in [0.5, 0.6) is 0 Å². The summed E-state index contributed by atoms with van der Waals surface area (Å²) in [4.78, 5) is 0.272. The fraction of sp³-hybridized carbons (Fsp3) is 0.100. The monoisotopic (exact) mass is 544 g/mol. The Morgan fingerprint density at radius 2 is 0.971 bits per heavy atom. The van der Waals surface area contributed by atoms with Crippen LogP contribution in [0.4, 0.5) is 11.6 Å². The Morgan fingerprint density at radius 1 is 0.647 bits per heavy atom. The lowest BCUT2D eigenvalue weighted by molar-refractivity contribution is 0.400. The van der Waals surface area contributed by atoms with Crippen molar-refractivity contribution in [1.29, 1.82) is 0 Å². The molecule has 0 saturated carbocycles. The van der Waals surface area contributed by atoms with Crippen molar-refractivity contribution in [2.45, 2.75) is 23.6 Å². The van der Waals surface area contributed by atoms with Crippen molar-refractivity contribution in [2.75, 3.05) is 9.44 Å². The molecule has 34 heavy (non-hydrogen) atoms. The fourth-order valence-corrected chi connectivity index (χ4v) is 4.82. The highest BCUT2D eigenvalue weighted by Gasteiger charge is 2.20. The Bertz CT molecular complexity index is 1360. The molecule has 0 amide bonds. The van der Waals surface area contributed by atoms with Crippen LogP contribution in [0.3, 0.4) is 0 Å². The summed E-state index contributed by atoms with van der Waals surface area (Å²) in [6.45, 7) is 3.19. The van der Waals surface area contributed by atoms with Gasteiger partial charge in [-0.2, -0.15) is 0 Å². The highest BCUT2D eigenvalue weighted by Crippen LogP contribution is 2.27. The summed E-state index contributed by atoms with van der Waals surface area (Å²) in [6.07, 6.45) is 0. The maximum atomic E-state index is 11.9. The van der Waals surface area contributed by atoms with E-state index in [9.17, 15) is 16.8 Å². The molecule has 0 unspecified atom stereocenters. The fourth-order valence-electron chi connectivity index (χ4n) is 2.42. The summed E-state index contributed by atoms with van der Waals surface area (Å²) in [7, 11) is -7.36. The summed E-state index contributed by atoms with van der Waals surface area (Å²) in [6, 6.07) is 15.9. The van der Waals surface area contributed by atoms with Gasteiger partial charge in [-0.15, -0.1) is 0 Å². The van der Waals surface area contributed by atoms with Crippen LogP contribution in [0.2, 0.25) is 10.0 Å². The van der Waals surface area contributed by atoms with Gasteiger partial charge < -0.3 is 9.05 Å². The molecule has 0 aliphatic heterocycles. The number of aromatic nitrogens is 2. The van der Waals surface area contributed by atoms with Crippen molar-refractivity contribution in [3.05, 3.63) is 82.2 Å². The van der Waals surface area contributed by atoms with Crippen molar-refractivity contribution < 1.29 is 25.9 Å². The highest BCUT2D eigenvalue weighted by atomic mass is 35.5. The number of nitrogens with one attached hydrogen (secondary N) is 2. The largest absolute Gasteiger partial charge is 0.358 e. The quantitative estimate of drug-likeness (QED) is 0.349. The third-order valence-electron chi connectivity index (χ3n) is 4.15. The average Bonchev–Trinajstić information content (AvgIpc) is 3.30. The van der Waals surface area contributed by atoms with E-state index in [1.165, 1.54) is 24.3 Å². The molecule has 0 bridgehead atoms. The van der Waals surface area contributed by atoms with Gasteiger partial charge in [0.25, 0.3) is 20.0 Å². The first-order valence-corrected chi connectivity index (χ1v) is 13.1. The van der Waals surface area contributed by atoms with Crippen LogP contribution in [0.1, 0.15) is 11.5 Å². The Labute approximate surface area is 205 Å². The summed E-state index contributed by atoms with van der Waals surface area (Å²) >= 11 is 11.6. The number of hydrogen-bond donors (Lipinski definition) is 2. The summed E-state index contributed by atoms with van der Waals surface area (Å²) < 4.78 is 61.7. The summed E-state index contributed by atoms with van der Waals surface area (Å²) in [5, 5.41) is 7.37. The van der Waals surface area contributed by atoms with E-state index in [2.05, 4.69) is 19.8 Å². The van der Waals surface area contributed by atoms with Crippen LogP contribution in [-0.2, 0) is 20.0 Å². The molecule has 0 aliphatic rings. The first-order chi connectivity index (χ1) is 16.0. The van der Waals surface area contributed by atoms with E-state index < -0.39 is 20.0 Å². The predicted octanol–water partition coefficient (Wildman–Crippen LogP) is 4.87. The van der Waals surface area contributed by atoms with Gasteiger partial charge >= 0.3 is 0 Å². The van der Waals surface area contributed by atoms with Crippen molar-refractivity contribution in [2.24, 2.45) is 0 Å². The first kappa shape index (κ1) is 25.6. The van der Waals surface area contributed by atoms with E-state index >= 15 is 0 Å². The van der Waals surface area contributed by atoms with Crippen LogP contribution < -0.4 is 9.44 Å².